The number of aromatic nitrogens is 2. The molecule has 76 valence electrons. The van der Waals surface area contributed by atoms with Crippen LogP contribution in [-0.4, -0.2) is 16.6 Å². The lowest BCUT2D eigenvalue weighted by atomic mass is 10.2. The number of benzene rings is 1. The molecule has 0 bridgehead atoms. The van der Waals surface area contributed by atoms with Crippen LogP contribution in [0.15, 0.2) is 42.6 Å². The molecular formula is C12H12N2O. The van der Waals surface area contributed by atoms with Crippen molar-refractivity contribution in [3.63, 3.8) is 0 Å². The highest BCUT2D eigenvalue weighted by atomic mass is 16.5. The number of hydrogen-bond acceptors (Lipinski definition) is 3. The van der Waals surface area contributed by atoms with Gasteiger partial charge in [-0.05, 0) is 6.92 Å². The highest BCUT2D eigenvalue weighted by Crippen LogP contribution is 2.16. The first-order valence-corrected chi connectivity index (χ1v) is 4.91. The van der Waals surface area contributed by atoms with E-state index in [0.717, 1.165) is 5.56 Å². The van der Waals surface area contributed by atoms with Crippen molar-refractivity contribution in [2.45, 2.75) is 6.92 Å². The fraction of sp³-hybridized carbons (Fsp3) is 0.167. The van der Waals surface area contributed by atoms with Crippen molar-refractivity contribution in [1.82, 2.24) is 9.97 Å². The molecule has 0 radical (unpaired) electrons. The van der Waals surface area contributed by atoms with Gasteiger partial charge in [-0.2, -0.15) is 4.98 Å². The van der Waals surface area contributed by atoms with E-state index in [2.05, 4.69) is 9.97 Å². The van der Waals surface area contributed by atoms with E-state index >= 15 is 0 Å². The molecule has 0 aliphatic heterocycles. The predicted molar refractivity (Wildman–Crippen MR) is 58.6 cm³/mol. The van der Waals surface area contributed by atoms with Crippen molar-refractivity contribution < 1.29 is 4.74 Å². The molecule has 0 aliphatic rings. The summed E-state index contributed by atoms with van der Waals surface area (Å²) in [5.74, 6) is 1.31. The summed E-state index contributed by atoms with van der Waals surface area (Å²) in [5, 5.41) is 0. The van der Waals surface area contributed by atoms with Gasteiger partial charge in [0.25, 0.3) is 0 Å². The number of rotatable bonds is 3. The molecule has 15 heavy (non-hydrogen) atoms. The summed E-state index contributed by atoms with van der Waals surface area (Å²) in [6.45, 7) is 2.55. The van der Waals surface area contributed by atoms with Gasteiger partial charge in [0.15, 0.2) is 5.82 Å². The minimum Gasteiger partial charge on any atom is -0.478 e. The smallest absolute Gasteiger partial charge is 0.216 e. The first-order valence-electron chi connectivity index (χ1n) is 4.91. The molecule has 3 heteroatoms. The van der Waals surface area contributed by atoms with E-state index in [9.17, 15) is 0 Å². The van der Waals surface area contributed by atoms with E-state index in [4.69, 9.17) is 4.74 Å². The maximum Gasteiger partial charge on any atom is 0.216 e. The molecule has 1 heterocycles. The summed E-state index contributed by atoms with van der Waals surface area (Å²) in [5.41, 5.74) is 0.999. The second-order valence-electron chi connectivity index (χ2n) is 3.02. The molecule has 1 aromatic heterocycles. The molecule has 3 nitrogen and oxygen atoms in total. The molecule has 0 N–H and O–H groups in total. The molecule has 0 unspecified atom stereocenters. The maximum absolute atomic E-state index is 5.32. The van der Waals surface area contributed by atoms with Gasteiger partial charge in [0.2, 0.25) is 5.88 Å². The standard InChI is InChI=1S/C12H12N2O/c1-2-15-11-8-9-13-12(14-11)10-6-4-3-5-7-10/h3-9H,2H2,1H3. The second-order valence-corrected chi connectivity index (χ2v) is 3.02. The van der Waals surface area contributed by atoms with Gasteiger partial charge in [0, 0.05) is 17.8 Å². The summed E-state index contributed by atoms with van der Waals surface area (Å²) in [6, 6.07) is 11.6. The van der Waals surface area contributed by atoms with Gasteiger partial charge >= 0.3 is 0 Å². The summed E-state index contributed by atoms with van der Waals surface area (Å²) in [7, 11) is 0. The van der Waals surface area contributed by atoms with Crippen molar-refractivity contribution in [2.24, 2.45) is 0 Å². The zero-order valence-electron chi connectivity index (χ0n) is 8.55. The van der Waals surface area contributed by atoms with E-state index in [-0.39, 0.29) is 0 Å². The van der Waals surface area contributed by atoms with Gasteiger partial charge < -0.3 is 4.74 Å². The van der Waals surface area contributed by atoms with Gasteiger partial charge in [0.05, 0.1) is 6.61 Å². The second kappa shape index (κ2) is 4.55. The average molecular weight is 200 g/mol. The van der Waals surface area contributed by atoms with Gasteiger partial charge in [-0.25, -0.2) is 4.98 Å². The van der Waals surface area contributed by atoms with Gasteiger partial charge in [-0.15, -0.1) is 0 Å². The average Bonchev–Trinajstić information content (AvgIpc) is 2.31. The first kappa shape index (κ1) is 9.65. The number of ether oxygens (including phenoxy) is 1. The minimum absolute atomic E-state index is 0.616. The maximum atomic E-state index is 5.32. The topological polar surface area (TPSA) is 35.0 Å². The first-order chi connectivity index (χ1) is 7.40. The molecule has 0 saturated carbocycles. The Kier molecular flexibility index (Phi) is 2.93. The SMILES string of the molecule is CCOc1ccnc(-c2ccccc2)n1. The quantitative estimate of drug-likeness (QED) is 0.763. The minimum atomic E-state index is 0.616. The Morgan fingerprint density at radius 2 is 1.93 bits per heavy atom. The van der Waals surface area contributed by atoms with E-state index in [1.54, 1.807) is 12.3 Å². The van der Waals surface area contributed by atoms with Crippen LogP contribution < -0.4 is 4.74 Å². The van der Waals surface area contributed by atoms with Crippen LogP contribution >= 0.6 is 0 Å². The Bertz CT molecular complexity index is 429. The van der Waals surface area contributed by atoms with Crippen molar-refractivity contribution in [3.05, 3.63) is 42.6 Å². The lowest BCUT2D eigenvalue weighted by molar-refractivity contribution is 0.326. The normalized spacial score (nSPS) is 9.93. The molecule has 2 rings (SSSR count). The molecule has 0 fully saturated rings. The third kappa shape index (κ3) is 2.31. The lowest BCUT2D eigenvalue weighted by Crippen LogP contribution is -1.96. The number of nitrogens with zero attached hydrogens (tertiary/aromatic N) is 2. The monoisotopic (exact) mass is 200 g/mol. The molecule has 0 atom stereocenters. The van der Waals surface area contributed by atoms with Crippen LogP contribution in [-0.2, 0) is 0 Å². The van der Waals surface area contributed by atoms with Gasteiger partial charge in [-0.3, -0.25) is 0 Å². The van der Waals surface area contributed by atoms with Gasteiger partial charge in [-0.1, -0.05) is 30.3 Å². The third-order valence-electron chi connectivity index (χ3n) is 1.95. The van der Waals surface area contributed by atoms with Crippen LogP contribution in [0.5, 0.6) is 5.88 Å². The zero-order chi connectivity index (χ0) is 10.5. The van der Waals surface area contributed by atoms with Crippen LogP contribution in [0.25, 0.3) is 11.4 Å². The molecule has 0 aliphatic carbocycles. The van der Waals surface area contributed by atoms with E-state index < -0.39 is 0 Å². The zero-order valence-corrected chi connectivity index (χ0v) is 8.55. The van der Waals surface area contributed by atoms with Crippen molar-refractivity contribution >= 4 is 0 Å². The van der Waals surface area contributed by atoms with E-state index in [0.29, 0.717) is 18.3 Å². The molecule has 2 aromatic rings. The largest absolute Gasteiger partial charge is 0.478 e. The van der Waals surface area contributed by atoms with E-state index in [1.165, 1.54) is 0 Å². The predicted octanol–water partition coefficient (Wildman–Crippen LogP) is 2.54. The van der Waals surface area contributed by atoms with Crippen LogP contribution in [0, 0.1) is 0 Å². The fourth-order valence-electron chi connectivity index (χ4n) is 1.30. The Labute approximate surface area is 88.8 Å². The molecule has 0 amide bonds. The van der Waals surface area contributed by atoms with Crippen LogP contribution in [0.3, 0.4) is 0 Å². The number of hydrogen-bond donors (Lipinski definition) is 0. The van der Waals surface area contributed by atoms with Crippen molar-refractivity contribution in [2.75, 3.05) is 6.61 Å². The lowest BCUT2D eigenvalue weighted by Gasteiger charge is -2.03. The molecular weight excluding hydrogens is 188 g/mol. The summed E-state index contributed by atoms with van der Waals surface area (Å²) >= 11 is 0. The van der Waals surface area contributed by atoms with Crippen molar-refractivity contribution in [1.29, 1.82) is 0 Å². The van der Waals surface area contributed by atoms with Crippen LogP contribution in [0.2, 0.25) is 0 Å². The van der Waals surface area contributed by atoms with Crippen LogP contribution in [0.4, 0.5) is 0 Å². The Morgan fingerprint density at radius 3 is 2.67 bits per heavy atom. The summed E-state index contributed by atoms with van der Waals surface area (Å²) in [4.78, 5) is 8.50. The summed E-state index contributed by atoms with van der Waals surface area (Å²) < 4.78 is 5.32. The Morgan fingerprint density at radius 1 is 1.13 bits per heavy atom. The molecule has 1 aromatic carbocycles. The Hall–Kier alpha value is -1.90. The molecule has 0 saturated heterocycles. The Balaban J connectivity index is 2.33. The van der Waals surface area contributed by atoms with Crippen molar-refractivity contribution in [3.8, 4) is 17.3 Å². The molecule has 0 spiro atoms. The highest BCUT2D eigenvalue weighted by Gasteiger charge is 2.01. The van der Waals surface area contributed by atoms with Crippen LogP contribution in [0.1, 0.15) is 6.92 Å². The summed E-state index contributed by atoms with van der Waals surface area (Å²) in [6.07, 6.45) is 1.71. The van der Waals surface area contributed by atoms with Gasteiger partial charge in [0.1, 0.15) is 0 Å². The fourth-order valence-corrected chi connectivity index (χ4v) is 1.30. The van der Waals surface area contributed by atoms with E-state index in [1.807, 2.05) is 37.3 Å². The third-order valence-corrected chi connectivity index (χ3v) is 1.95. The highest BCUT2D eigenvalue weighted by molar-refractivity contribution is 5.54.